The molecule has 1 aromatic carbocycles. The van der Waals surface area contributed by atoms with E-state index < -0.39 is 11.8 Å². The van der Waals surface area contributed by atoms with Gasteiger partial charge in [-0.05, 0) is 30.2 Å². The van der Waals surface area contributed by atoms with Crippen molar-refractivity contribution in [3.63, 3.8) is 0 Å². The molecule has 2 rings (SSSR count). The topological polar surface area (TPSA) is 63.1 Å². The van der Waals surface area contributed by atoms with E-state index in [1.807, 2.05) is 19.1 Å². The van der Waals surface area contributed by atoms with Crippen LogP contribution in [-0.4, -0.2) is 16.4 Å². The number of amides is 2. The molecule has 0 bridgehead atoms. The minimum absolute atomic E-state index is 0.247. The molecule has 5 nitrogen and oxygen atoms in total. The van der Waals surface area contributed by atoms with Gasteiger partial charge in [-0.25, -0.2) is 0 Å². The van der Waals surface area contributed by atoms with E-state index in [9.17, 15) is 9.59 Å². The van der Waals surface area contributed by atoms with Crippen molar-refractivity contribution in [2.45, 2.75) is 13.3 Å². The minimum atomic E-state index is -0.505. The van der Waals surface area contributed by atoms with Crippen molar-refractivity contribution in [1.82, 2.24) is 15.4 Å². The molecule has 0 spiro atoms. The minimum Gasteiger partial charge on any atom is -0.329 e. The number of hydrazine groups is 1. The van der Waals surface area contributed by atoms with Gasteiger partial charge >= 0.3 is 0 Å². The smallest absolute Gasteiger partial charge is 0.286 e. The Bertz CT molecular complexity index is 708. The van der Waals surface area contributed by atoms with Gasteiger partial charge in [-0.3, -0.25) is 20.4 Å². The Morgan fingerprint density at radius 3 is 2.18 bits per heavy atom. The number of aryl methyl sites for hydroxylation is 1. The Kier molecular flexibility index (Phi) is 5.11. The molecule has 1 aromatic heterocycles. The molecule has 0 saturated carbocycles. The van der Waals surface area contributed by atoms with E-state index in [1.54, 1.807) is 19.2 Å². The first kappa shape index (κ1) is 16.4. The summed E-state index contributed by atoms with van der Waals surface area (Å²) in [7, 11) is 1.61. The van der Waals surface area contributed by atoms with Crippen LogP contribution in [-0.2, 0) is 13.5 Å². The summed E-state index contributed by atoms with van der Waals surface area (Å²) < 4.78 is 1.43. The number of halogens is 2. The van der Waals surface area contributed by atoms with Crippen LogP contribution in [0.5, 0.6) is 0 Å². The highest BCUT2D eigenvalue weighted by molar-refractivity contribution is 6.41. The van der Waals surface area contributed by atoms with E-state index in [-0.39, 0.29) is 15.9 Å². The zero-order valence-corrected chi connectivity index (χ0v) is 13.6. The summed E-state index contributed by atoms with van der Waals surface area (Å²) in [6, 6.07) is 8.58. The van der Waals surface area contributed by atoms with Gasteiger partial charge in [0, 0.05) is 12.6 Å². The number of aromatic nitrogens is 1. The molecule has 2 N–H and O–H groups in total. The van der Waals surface area contributed by atoms with E-state index in [0.717, 1.165) is 12.0 Å². The molecule has 0 fully saturated rings. The Labute approximate surface area is 138 Å². The summed E-state index contributed by atoms with van der Waals surface area (Å²) in [5.41, 5.74) is 6.52. The Morgan fingerprint density at radius 2 is 1.68 bits per heavy atom. The van der Waals surface area contributed by atoms with Crippen molar-refractivity contribution in [2.75, 3.05) is 0 Å². The van der Waals surface area contributed by atoms with Gasteiger partial charge in [0.2, 0.25) is 0 Å². The molecule has 0 aliphatic carbocycles. The number of carbonyl (C=O) groups is 2. The van der Waals surface area contributed by atoms with Crippen LogP contribution in [0, 0.1) is 0 Å². The maximum absolute atomic E-state index is 12.0. The first-order chi connectivity index (χ1) is 10.4. The number of hydrogen-bond donors (Lipinski definition) is 2. The SMILES string of the molecule is CCc1ccc(C(=O)NNC(=O)c2cc(Cl)c(Cl)n2C)cc1. The normalized spacial score (nSPS) is 10.4. The predicted molar refractivity (Wildman–Crippen MR) is 86.2 cm³/mol. The molecule has 0 atom stereocenters. The number of nitrogens with zero attached hydrogens (tertiary/aromatic N) is 1. The standard InChI is InChI=1S/C15H15Cl2N3O2/c1-3-9-4-6-10(7-5-9)14(21)18-19-15(22)12-8-11(16)13(17)20(12)2/h4-8H,3H2,1-2H3,(H,18,21)(H,19,22). The molecular weight excluding hydrogens is 325 g/mol. The molecular formula is C15H15Cl2N3O2. The van der Waals surface area contributed by atoms with Crippen LogP contribution in [0.4, 0.5) is 0 Å². The lowest BCUT2D eigenvalue weighted by Gasteiger charge is -2.08. The summed E-state index contributed by atoms with van der Waals surface area (Å²) in [4.78, 5) is 24.0. The van der Waals surface area contributed by atoms with Crippen LogP contribution in [0.3, 0.4) is 0 Å². The third kappa shape index (κ3) is 3.43. The second-order valence-electron chi connectivity index (χ2n) is 4.69. The lowest BCUT2D eigenvalue weighted by atomic mass is 10.1. The van der Waals surface area contributed by atoms with Crippen molar-refractivity contribution in [3.05, 3.63) is 57.3 Å². The number of rotatable bonds is 3. The van der Waals surface area contributed by atoms with E-state index in [1.165, 1.54) is 10.6 Å². The molecule has 0 aliphatic heterocycles. The summed E-state index contributed by atoms with van der Waals surface area (Å²) in [6.45, 7) is 2.03. The van der Waals surface area contributed by atoms with Gasteiger partial charge in [-0.1, -0.05) is 42.3 Å². The fraction of sp³-hybridized carbons (Fsp3) is 0.200. The number of carbonyl (C=O) groups excluding carboxylic acids is 2. The highest BCUT2D eigenvalue weighted by Crippen LogP contribution is 2.24. The average molecular weight is 340 g/mol. The van der Waals surface area contributed by atoms with Crippen LogP contribution in [0.25, 0.3) is 0 Å². The zero-order chi connectivity index (χ0) is 16.3. The van der Waals surface area contributed by atoms with Crippen molar-refractivity contribution in [3.8, 4) is 0 Å². The molecule has 0 unspecified atom stereocenters. The summed E-state index contributed by atoms with van der Waals surface area (Å²) in [5.74, 6) is -0.905. The maximum atomic E-state index is 12.0. The second-order valence-corrected chi connectivity index (χ2v) is 5.45. The number of nitrogens with one attached hydrogen (secondary N) is 2. The quantitative estimate of drug-likeness (QED) is 0.844. The highest BCUT2D eigenvalue weighted by atomic mass is 35.5. The van der Waals surface area contributed by atoms with Gasteiger partial charge in [0.15, 0.2) is 0 Å². The highest BCUT2D eigenvalue weighted by Gasteiger charge is 2.16. The predicted octanol–water partition coefficient (Wildman–Crippen LogP) is 2.97. The average Bonchev–Trinajstić information content (AvgIpc) is 2.80. The first-order valence-electron chi connectivity index (χ1n) is 6.64. The molecule has 116 valence electrons. The van der Waals surface area contributed by atoms with Gasteiger partial charge in [-0.15, -0.1) is 0 Å². The van der Waals surface area contributed by atoms with Crippen LogP contribution in [0.15, 0.2) is 30.3 Å². The Morgan fingerprint density at radius 1 is 1.09 bits per heavy atom. The molecule has 1 heterocycles. The van der Waals surface area contributed by atoms with Crippen LogP contribution >= 0.6 is 23.2 Å². The van der Waals surface area contributed by atoms with Crippen molar-refractivity contribution in [1.29, 1.82) is 0 Å². The summed E-state index contributed by atoms with van der Waals surface area (Å²) in [5, 5.41) is 0.532. The maximum Gasteiger partial charge on any atom is 0.286 e. The van der Waals surface area contributed by atoms with Crippen LogP contribution in [0.1, 0.15) is 33.3 Å². The van der Waals surface area contributed by atoms with E-state index >= 15 is 0 Å². The van der Waals surface area contributed by atoms with Gasteiger partial charge in [0.05, 0.1) is 5.02 Å². The van der Waals surface area contributed by atoms with Crippen LogP contribution in [0.2, 0.25) is 10.2 Å². The monoisotopic (exact) mass is 339 g/mol. The van der Waals surface area contributed by atoms with Gasteiger partial charge in [0.25, 0.3) is 11.8 Å². The largest absolute Gasteiger partial charge is 0.329 e. The molecule has 0 aliphatic rings. The first-order valence-corrected chi connectivity index (χ1v) is 7.40. The van der Waals surface area contributed by atoms with Crippen LogP contribution < -0.4 is 10.9 Å². The lowest BCUT2D eigenvalue weighted by Crippen LogP contribution is -2.42. The van der Waals surface area contributed by atoms with Gasteiger partial charge in [0.1, 0.15) is 10.8 Å². The van der Waals surface area contributed by atoms with E-state index in [0.29, 0.717) is 5.56 Å². The fourth-order valence-electron chi connectivity index (χ4n) is 1.90. The van der Waals surface area contributed by atoms with E-state index in [4.69, 9.17) is 23.2 Å². The lowest BCUT2D eigenvalue weighted by molar-refractivity contribution is 0.0842. The molecule has 0 radical (unpaired) electrons. The van der Waals surface area contributed by atoms with Crippen molar-refractivity contribution >= 4 is 35.0 Å². The molecule has 22 heavy (non-hydrogen) atoms. The molecule has 0 saturated heterocycles. The van der Waals surface area contributed by atoms with Crippen molar-refractivity contribution in [2.24, 2.45) is 7.05 Å². The third-order valence-corrected chi connectivity index (χ3v) is 4.10. The zero-order valence-electron chi connectivity index (χ0n) is 12.1. The van der Waals surface area contributed by atoms with Gasteiger partial charge in [-0.2, -0.15) is 0 Å². The van der Waals surface area contributed by atoms with E-state index in [2.05, 4.69) is 10.9 Å². The third-order valence-electron chi connectivity index (χ3n) is 3.26. The number of benzene rings is 1. The Balaban J connectivity index is 2.00. The van der Waals surface area contributed by atoms with Crippen molar-refractivity contribution < 1.29 is 9.59 Å². The molecule has 2 amide bonds. The fourth-order valence-corrected chi connectivity index (χ4v) is 2.28. The second kappa shape index (κ2) is 6.85. The van der Waals surface area contributed by atoms with Gasteiger partial charge < -0.3 is 4.57 Å². The summed E-state index contributed by atoms with van der Waals surface area (Å²) in [6.07, 6.45) is 0.896. The summed E-state index contributed by atoms with van der Waals surface area (Å²) >= 11 is 11.7. The molecule has 2 aromatic rings. The Hall–Kier alpha value is -1.98. The number of hydrogen-bond acceptors (Lipinski definition) is 2. The molecule has 7 heteroatoms.